The molecule has 2 aromatic carbocycles. The first-order valence-electron chi connectivity index (χ1n) is 11.0. The Labute approximate surface area is 195 Å². The molecule has 0 saturated carbocycles. The number of ether oxygens (including phenoxy) is 1. The third-order valence-electron chi connectivity index (χ3n) is 5.67. The van der Waals surface area contributed by atoms with Crippen LogP contribution in [0, 0.1) is 6.92 Å². The van der Waals surface area contributed by atoms with Gasteiger partial charge in [0.25, 0.3) is 5.91 Å². The molecule has 0 bridgehead atoms. The van der Waals surface area contributed by atoms with E-state index >= 15 is 0 Å². The van der Waals surface area contributed by atoms with E-state index in [0.717, 1.165) is 37.2 Å². The predicted molar refractivity (Wildman–Crippen MR) is 130 cm³/mol. The molecule has 174 valence electrons. The van der Waals surface area contributed by atoms with E-state index in [9.17, 15) is 13.2 Å². The highest BCUT2D eigenvalue weighted by atomic mass is 32.2. The van der Waals surface area contributed by atoms with Gasteiger partial charge in [-0.2, -0.15) is 16.1 Å². The fraction of sp³-hybridized carbons (Fsp3) is 0.458. The number of hydrogen-bond donors (Lipinski definition) is 1. The van der Waals surface area contributed by atoms with Gasteiger partial charge in [0.2, 0.25) is 10.0 Å². The Balaban J connectivity index is 1.63. The van der Waals surface area contributed by atoms with Gasteiger partial charge in [0.15, 0.2) is 0 Å². The lowest BCUT2D eigenvalue weighted by Gasteiger charge is -2.20. The monoisotopic (exact) mass is 476 g/mol. The molecule has 0 unspecified atom stereocenters. The summed E-state index contributed by atoms with van der Waals surface area (Å²) in [5, 5.41) is 2.89. The molecule has 6 nitrogen and oxygen atoms in total. The van der Waals surface area contributed by atoms with Gasteiger partial charge in [-0.15, -0.1) is 0 Å². The average molecular weight is 477 g/mol. The smallest absolute Gasteiger partial charge is 0.255 e. The van der Waals surface area contributed by atoms with Crippen molar-refractivity contribution in [1.29, 1.82) is 0 Å². The maximum atomic E-state index is 13.1. The van der Waals surface area contributed by atoms with Gasteiger partial charge in [-0.05, 0) is 49.1 Å². The van der Waals surface area contributed by atoms with Crippen molar-refractivity contribution in [3.8, 4) is 5.75 Å². The first kappa shape index (κ1) is 24.6. The van der Waals surface area contributed by atoms with Crippen molar-refractivity contribution in [3.63, 3.8) is 0 Å². The van der Waals surface area contributed by atoms with Gasteiger partial charge >= 0.3 is 0 Å². The number of carbonyl (C=O) groups excluding carboxylic acids is 1. The van der Waals surface area contributed by atoms with Crippen LogP contribution in [0.1, 0.15) is 47.2 Å². The maximum Gasteiger partial charge on any atom is 0.255 e. The van der Waals surface area contributed by atoms with E-state index in [0.29, 0.717) is 25.4 Å². The predicted octanol–water partition coefficient (Wildman–Crippen LogP) is 4.23. The molecular weight excluding hydrogens is 444 g/mol. The minimum absolute atomic E-state index is 0.138. The standard InChI is InChI=1S/C24H32N2O4S2/c1-19-9-5-6-10-20(19)18-31-16-13-25-24(27)22-17-21(11-12-23(22)30-2)32(28,29)26-14-7-3-4-8-15-26/h5-6,9-12,17H,3-4,7-8,13-16,18H2,1-2H3,(H,25,27). The lowest BCUT2D eigenvalue weighted by molar-refractivity contribution is 0.0953. The van der Waals surface area contributed by atoms with Crippen molar-refractivity contribution < 1.29 is 17.9 Å². The van der Waals surface area contributed by atoms with E-state index in [1.165, 1.54) is 34.7 Å². The van der Waals surface area contributed by atoms with Crippen molar-refractivity contribution in [2.45, 2.75) is 43.3 Å². The number of nitrogens with zero attached hydrogens (tertiary/aromatic N) is 1. The summed E-state index contributed by atoms with van der Waals surface area (Å²) in [4.78, 5) is 13.0. The van der Waals surface area contributed by atoms with Crippen LogP contribution in [0.3, 0.4) is 0 Å². The second kappa shape index (κ2) is 11.7. The zero-order valence-corrected chi connectivity index (χ0v) is 20.4. The Morgan fingerprint density at radius 1 is 1.09 bits per heavy atom. The topological polar surface area (TPSA) is 75.7 Å². The van der Waals surface area contributed by atoms with Crippen LogP contribution >= 0.6 is 11.8 Å². The molecule has 1 N–H and O–H groups in total. The summed E-state index contributed by atoms with van der Waals surface area (Å²) < 4.78 is 33.1. The summed E-state index contributed by atoms with van der Waals surface area (Å²) in [7, 11) is -2.16. The van der Waals surface area contributed by atoms with Gasteiger partial charge in [-0.3, -0.25) is 4.79 Å². The van der Waals surface area contributed by atoms with Crippen LogP contribution in [0.4, 0.5) is 0 Å². The van der Waals surface area contributed by atoms with Crippen LogP contribution < -0.4 is 10.1 Å². The van der Waals surface area contributed by atoms with E-state index in [4.69, 9.17) is 4.74 Å². The summed E-state index contributed by atoms with van der Waals surface area (Å²) in [6.45, 7) is 3.63. The molecule has 1 fully saturated rings. The van der Waals surface area contributed by atoms with Gasteiger partial charge in [0.05, 0.1) is 17.6 Å². The zero-order valence-electron chi connectivity index (χ0n) is 18.8. The molecule has 1 heterocycles. The number of sulfonamides is 1. The number of hydrogen-bond acceptors (Lipinski definition) is 5. The number of aryl methyl sites for hydroxylation is 1. The second-order valence-electron chi connectivity index (χ2n) is 7.92. The molecule has 32 heavy (non-hydrogen) atoms. The van der Waals surface area contributed by atoms with Crippen LogP contribution in [-0.4, -0.2) is 51.1 Å². The first-order valence-corrected chi connectivity index (χ1v) is 13.6. The van der Waals surface area contributed by atoms with Crippen LogP contribution in [0.25, 0.3) is 0 Å². The maximum absolute atomic E-state index is 13.1. The number of thioether (sulfide) groups is 1. The molecule has 1 saturated heterocycles. The van der Waals surface area contributed by atoms with Crippen molar-refractivity contribution in [3.05, 3.63) is 59.2 Å². The van der Waals surface area contributed by atoms with Crippen LogP contribution in [0.5, 0.6) is 5.75 Å². The highest BCUT2D eigenvalue weighted by molar-refractivity contribution is 7.98. The number of methoxy groups -OCH3 is 1. The molecule has 3 rings (SSSR count). The molecule has 0 spiro atoms. The molecule has 8 heteroatoms. The Morgan fingerprint density at radius 3 is 2.50 bits per heavy atom. The third kappa shape index (κ3) is 6.27. The summed E-state index contributed by atoms with van der Waals surface area (Å²) in [5.41, 5.74) is 2.79. The number of benzene rings is 2. The zero-order chi connectivity index (χ0) is 23.0. The molecule has 0 aliphatic carbocycles. The largest absolute Gasteiger partial charge is 0.496 e. The van der Waals surface area contributed by atoms with E-state index in [1.807, 2.05) is 12.1 Å². The molecule has 2 aromatic rings. The minimum Gasteiger partial charge on any atom is -0.496 e. The van der Waals surface area contributed by atoms with Crippen LogP contribution in [0.2, 0.25) is 0 Å². The highest BCUT2D eigenvalue weighted by Crippen LogP contribution is 2.26. The molecule has 0 radical (unpaired) electrons. The second-order valence-corrected chi connectivity index (χ2v) is 11.0. The van der Waals surface area contributed by atoms with Crippen molar-refractivity contribution >= 4 is 27.7 Å². The van der Waals surface area contributed by atoms with E-state index in [2.05, 4.69) is 24.4 Å². The quantitative estimate of drug-likeness (QED) is 0.548. The van der Waals surface area contributed by atoms with Crippen LogP contribution in [-0.2, 0) is 15.8 Å². The van der Waals surface area contributed by atoms with Crippen molar-refractivity contribution in [1.82, 2.24) is 9.62 Å². The Kier molecular flexibility index (Phi) is 9.02. The Morgan fingerprint density at radius 2 is 1.81 bits per heavy atom. The number of rotatable bonds is 9. The lowest BCUT2D eigenvalue weighted by Crippen LogP contribution is -2.32. The van der Waals surface area contributed by atoms with Gasteiger partial charge < -0.3 is 10.1 Å². The van der Waals surface area contributed by atoms with Gasteiger partial charge in [-0.25, -0.2) is 8.42 Å². The van der Waals surface area contributed by atoms with E-state index in [1.54, 1.807) is 17.8 Å². The fourth-order valence-electron chi connectivity index (χ4n) is 3.74. The van der Waals surface area contributed by atoms with Crippen LogP contribution in [0.15, 0.2) is 47.4 Å². The summed E-state index contributed by atoms with van der Waals surface area (Å²) >= 11 is 1.75. The Hall–Kier alpha value is -2.03. The SMILES string of the molecule is COc1ccc(S(=O)(=O)N2CCCCCC2)cc1C(=O)NCCSCc1ccccc1C. The van der Waals surface area contributed by atoms with Crippen molar-refractivity contribution in [2.24, 2.45) is 0 Å². The normalized spacial score (nSPS) is 15.2. The highest BCUT2D eigenvalue weighted by Gasteiger charge is 2.27. The number of amides is 1. The minimum atomic E-state index is -3.64. The van der Waals surface area contributed by atoms with E-state index < -0.39 is 10.0 Å². The fourth-order valence-corrected chi connectivity index (χ4v) is 6.22. The Bertz CT molecular complexity index is 1020. The van der Waals surface area contributed by atoms with Gasteiger partial charge in [-0.1, -0.05) is 37.1 Å². The third-order valence-corrected chi connectivity index (χ3v) is 8.57. The van der Waals surface area contributed by atoms with E-state index in [-0.39, 0.29) is 16.4 Å². The molecular formula is C24H32N2O4S2. The number of nitrogens with one attached hydrogen (secondary N) is 1. The first-order chi connectivity index (χ1) is 15.4. The summed E-state index contributed by atoms with van der Waals surface area (Å²) in [5.74, 6) is 1.68. The van der Waals surface area contributed by atoms with Gasteiger partial charge in [0.1, 0.15) is 5.75 Å². The molecule has 1 aliphatic rings. The number of carbonyl (C=O) groups is 1. The van der Waals surface area contributed by atoms with Gasteiger partial charge in [0, 0.05) is 31.1 Å². The average Bonchev–Trinajstić information content (AvgIpc) is 3.09. The summed E-state index contributed by atoms with van der Waals surface area (Å²) in [6.07, 6.45) is 3.82. The molecule has 1 aliphatic heterocycles. The van der Waals surface area contributed by atoms with Crippen molar-refractivity contribution in [2.75, 3.05) is 32.5 Å². The summed E-state index contributed by atoms with van der Waals surface area (Å²) in [6, 6.07) is 12.8. The molecule has 0 atom stereocenters. The molecule has 1 amide bonds. The lowest BCUT2D eigenvalue weighted by atomic mass is 10.1. The molecule has 0 aromatic heterocycles.